The molecule has 0 aliphatic rings. The number of carbonyl (C=O) groups is 1. The Morgan fingerprint density at radius 3 is 2.55 bits per heavy atom. The summed E-state index contributed by atoms with van der Waals surface area (Å²) in [6.45, 7) is 2.31. The van der Waals surface area contributed by atoms with Gasteiger partial charge in [0.15, 0.2) is 11.3 Å². The van der Waals surface area contributed by atoms with Crippen molar-refractivity contribution >= 4 is 29.0 Å². The van der Waals surface area contributed by atoms with Gasteiger partial charge in [-0.25, -0.2) is 9.37 Å². The zero-order chi connectivity index (χ0) is 24.5. The third-order valence-electron chi connectivity index (χ3n) is 4.55. The van der Waals surface area contributed by atoms with Gasteiger partial charge in [0.1, 0.15) is 28.8 Å². The van der Waals surface area contributed by atoms with E-state index in [1.807, 2.05) is 0 Å². The molecular formula is C20H18ClF4N5O3. The van der Waals surface area contributed by atoms with Gasteiger partial charge in [0.2, 0.25) is 0 Å². The number of pyridine rings is 1. The molecule has 1 unspecified atom stereocenters. The number of carbonyl (C=O) groups excluding carboxylic acids is 1. The molecule has 33 heavy (non-hydrogen) atoms. The second-order valence-electron chi connectivity index (χ2n) is 6.92. The van der Waals surface area contributed by atoms with Crippen molar-refractivity contribution in [2.75, 3.05) is 18.2 Å². The van der Waals surface area contributed by atoms with Crippen LogP contribution in [0.4, 0.5) is 29.1 Å². The van der Waals surface area contributed by atoms with Crippen molar-refractivity contribution in [1.29, 1.82) is 0 Å². The first-order chi connectivity index (χ1) is 15.4. The predicted molar refractivity (Wildman–Crippen MR) is 113 cm³/mol. The minimum Gasteiger partial charge on any atom is -0.497 e. The van der Waals surface area contributed by atoms with Crippen LogP contribution in [0.2, 0.25) is 5.15 Å². The quantitative estimate of drug-likeness (QED) is 0.432. The van der Waals surface area contributed by atoms with E-state index in [-0.39, 0.29) is 33.7 Å². The van der Waals surface area contributed by atoms with Gasteiger partial charge >= 0.3 is 6.18 Å². The summed E-state index contributed by atoms with van der Waals surface area (Å²) in [4.78, 5) is 16.8. The molecule has 8 nitrogen and oxygen atoms in total. The third kappa shape index (κ3) is 5.28. The molecule has 0 aliphatic heterocycles. The Bertz CT molecular complexity index is 1180. The molecule has 0 radical (unpaired) electrons. The molecule has 2 heterocycles. The second kappa shape index (κ2) is 9.14. The topological polar surface area (TPSA) is 115 Å². The number of benzene rings is 1. The largest absolute Gasteiger partial charge is 0.497 e. The Hall–Kier alpha value is -3.54. The number of H-pyrrole nitrogens is 1. The van der Waals surface area contributed by atoms with Gasteiger partial charge < -0.3 is 20.5 Å². The van der Waals surface area contributed by atoms with E-state index in [0.717, 1.165) is 19.1 Å². The molecule has 3 rings (SSSR count). The smallest absolute Gasteiger partial charge is 0.425 e. The number of amides is 1. The Balaban J connectivity index is 2.11. The van der Waals surface area contributed by atoms with E-state index < -0.39 is 35.3 Å². The van der Waals surface area contributed by atoms with Gasteiger partial charge in [-0.1, -0.05) is 11.6 Å². The lowest BCUT2D eigenvalue weighted by Crippen LogP contribution is -2.32. The molecule has 0 saturated heterocycles. The molecule has 0 spiro atoms. The standard InChI is InChI=1S/C20H18ClF4N5O3/c1-8-17(18(21)30-29-8)28-19(31)12-6-13(22)11(7-15(12)33-9(2)20(23,24)25)14-4-10(32-3)5-16(26)27-14/h4-7,9H,1-3H3,(H2,26,27)(H,28,31)(H,29,30). The summed E-state index contributed by atoms with van der Waals surface area (Å²) in [6, 6.07) is 4.39. The number of hydrogen-bond donors (Lipinski definition) is 3. The van der Waals surface area contributed by atoms with E-state index in [1.165, 1.54) is 19.2 Å². The zero-order valence-electron chi connectivity index (χ0n) is 17.5. The van der Waals surface area contributed by atoms with Crippen molar-refractivity contribution in [3.63, 3.8) is 0 Å². The van der Waals surface area contributed by atoms with Gasteiger partial charge in [-0.2, -0.15) is 18.3 Å². The lowest BCUT2D eigenvalue weighted by Gasteiger charge is -2.20. The molecule has 1 atom stereocenters. The van der Waals surface area contributed by atoms with Crippen molar-refractivity contribution in [2.45, 2.75) is 26.1 Å². The van der Waals surface area contributed by atoms with Crippen LogP contribution in [0.25, 0.3) is 11.3 Å². The van der Waals surface area contributed by atoms with Gasteiger partial charge in [-0.3, -0.25) is 9.89 Å². The highest BCUT2D eigenvalue weighted by atomic mass is 35.5. The summed E-state index contributed by atoms with van der Waals surface area (Å²) in [6.07, 6.45) is -7.05. The number of aromatic nitrogens is 3. The number of aryl methyl sites for hydroxylation is 1. The highest BCUT2D eigenvalue weighted by Crippen LogP contribution is 2.35. The highest BCUT2D eigenvalue weighted by Gasteiger charge is 2.39. The van der Waals surface area contributed by atoms with E-state index in [2.05, 4.69) is 20.5 Å². The molecule has 0 fully saturated rings. The van der Waals surface area contributed by atoms with E-state index >= 15 is 4.39 Å². The fourth-order valence-electron chi connectivity index (χ4n) is 2.79. The molecule has 2 aromatic heterocycles. The SMILES string of the molecule is COc1cc(N)nc(-c2cc(OC(C)C(F)(F)F)c(C(=O)Nc3c(Cl)n[nH]c3C)cc2F)c1. The average molecular weight is 488 g/mol. The van der Waals surface area contributed by atoms with Crippen LogP contribution in [0, 0.1) is 12.7 Å². The third-order valence-corrected chi connectivity index (χ3v) is 4.82. The monoisotopic (exact) mass is 487 g/mol. The summed E-state index contributed by atoms with van der Waals surface area (Å²) in [5.74, 6) is -2.22. The highest BCUT2D eigenvalue weighted by molar-refractivity contribution is 6.33. The number of hydrogen-bond acceptors (Lipinski definition) is 6. The van der Waals surface area contributed by atoms with Gasteiger partial charge in [0.25, 0.3) is 5.91 Å². The van der Waals surface area contributed by atoms with Crippen molar-refractivity contribution in [2.24, 2.45) is 0 Å². The maximum atomic E-state index is 15.0. The lowest BCUT2D eigenvalue weighted by molar-refractivity contribution is -0.189. The van der Waals surface area contributed by atoms with Crippen LogP contribution in [-0.2, 0) is 0 Å². The summed E-state index contributed by atoms with van der Waals surface area (Å²) in [7, 11) is 1.35. The fraction of sp³-hybridized carbons (Fsp3) is 0.250. The van der Waals surface area contributed by atoms with Crippen LogP contribution in [0.15, 0.2) is 24.3 Å². The number of alkyl halides is 3. The van der Waals surface area contributed by atoms with E-state index in [1.54, 1.807) is 6.92 Å². The number of ether oxygens (including phenoxy) is 2. The number of halogens is 5. The minimum atomic E-state index is -4.74. The van der Waals surface area contributed by atoms with Crippen molar-refractivity contribution < 1.29 is 31.8 Å². The van der Waals surface area contributed by atoms with Gasteiger partial charge in [-0.15, -0.1) is 0 Å². The van der Waals surface area contributed by atoms with Gasteiger partial charge in [0, 0.05) is 17.7 Å². The molecule has 0 aliphatic carbocycles. The van der Waals surface area contributed by atoms with Crippen molar-refractivity contribution in [3.8, 4) is 22.8 Å². The summed E-state index contributed by atoms with van der Waals surface area (Å²) in [5, 5.41) is 8.55. The second-order valence-corrected chi connectivity index (χ2v) is 7.27. The minimum absolute atomic E-state index is 0.0122. The van der Waals surface area contributed by atoms with Crippen molar-refractivity contribution in [3.05, 3.63) is 46.5 Å². The normalized spacial score (nSPS) is 12.4. The van der Waals surface area contributed by atoms with E-state index in [9.17, 15) is 18.0 Å². The molecule has 13 heteroatoms. The number of nitrogens with two attached hydrogens (primary N) is 1. The fourth-order valence-corrected chi connectivity index (χ4v) is 3.02. The van der Waals surface area contributed by atoms with Crippen LogP contribution in [0.1, 0.15) is 23.0 Å². The van der Waals surface area contributed by atoms with Crippen LogP contribution in [-0.4, -0.2) is 40.5 Å². The molecule has 0 saturated carbocycles. The Morgan fingerprint density at radius 1 is 1.27 bits per heavy atom. The predicted octanol–water partition coefficient (Wildman–Crippen LogP) is 4.75. The first-order valence-corrected chi connectivity index (χ1v) is 9.69. The molecule has 0 bridgehead atoms. The first-order valence-electron chi connectivity index (χ1n) is 9.31. The number of nitrogen functional groups attached to an aromatic ring is 1. The van der Waals surface area contributed by atoms with Crippen LogP contribution in [0.5, 0.6) is 11.5 Å². The molecule has 176 valence electrons. The maximum absolute atomic E-state index is 15.0. The number of methoxy groups -OCH3 is 1. The average Bonchev–Trinajstić information content (AvgIpc) is 3.05. The maximum Gasteiger partial charge on any atom is 0.425 e. The van der Waals surface area contributed by atoms with Crippen LogP contribution in [0.3, 0.4) is 0 Å². The van der Waals surface area contributed by atoms with Crippen molar-refractivity contribution in [1.82, 2.24) is 15.2 Å². The molecular weight excluding hydrogens is 470 g/mol. The lowest BCUT2D eigenvalue weighted by atomic mass is 10.0. The van der Waals surface area contributed by atoms with Gasteiger partial charge in [-0.05, 0) is 26.0 Å². The van der Waals surface area contributed by atoms with Crippen LogP contribution < -0.4 is 20.5 Å². The Morgan fingerprint density at radius 2 is 1.97 bits per heavy atom. The Kier molecular flexibility index (Phi) is 6.68. The summed E-state index contributed by atoms with van der Waals surface area (Å²) < 4.78 is 64.6. The first kappa shape index (κ1) is 24.1. The van der Waals surface area contributed by atoms with Crippen LogP contribution >= 0.6 is 11.6 Å². The van der Waals surface area contributed by atoms with Gasteiger partial charge in [0.05, 0.1) is 24.1 Å². The van der Waals surface area contributed by atoms with E-state index in [0.29, 0.717) is 5.69 Å². The summed E-state index contributed by atoms with van der Waals surface area (Å²) >= 11 is 5.90. The van der Waals surface area contributed by atoms with E-state index in [4.69, 9.17) is 26.8 Å². The zero-order valence-corrected chi connectivity index (χ0v) is 18.2. The molecule has 1 amide bonds. The summed E-state index contributed by atoms with van der Waals surface area (Å²) in [5.41, 5.74) is 5.39. The number of rotatable bonds is 6. The molecule has 1 aromatic carbocycles. The Labute approximate surface area is 190 Å². The number of nitrogens with one attached hydrogen (secondary N) is 2. The number of anilines is 2. The molecule has 3 aromatic rings. The molecule has 4 N–H and O–H groups in total. The number of aromatic amines is 1. The number of nitrogens with zero attached hydrogens (tertiary/aromatic N) is 2.